The lowest BCUT2D eigenvalue weighted by atomic mass is 9.79. The van der Waals surface area contributed by atoms with E-state index in [2.05, 4.69) is 12.2 Å². The number of hydrogen-bond acceptors (Lipinski definition) is 3. The quantitative estimate of drug-likeness (QED) is 0.820. The van der Waals surface area contributed by atoms with Crippen molar-refractivity contribution in [3.63, 3.8) is 0 Å². The Morgan fingerprint density at radius 2 is 2.21 bits per heavy atom. The third kappa shape index (κ3) is 4.77. The fourth-order valence-corrected chi connectivity index (χ4v) is 3.30. The Morgan fingerprint density at radius 3 is 2.89 bits per heavy atom. The van der Waals surface area contributed by atoms with Gasteiger partial charge in [0.2, 0.25) is 5.91 Å². The minimum Gasteiger partial charge on any atom is -0.388 e. The minimum atomic E-state index is -0.694. The van der Waals surface area contributed by atoms with Crippen molar-refractivity contribution >= 4 is 5.91 Å². The average Bonchev–Trinajstić information content (AvgIpc) is 2.38. The van der Waals surface area contributed by atoms with Crippen LogP contribution in [0.25, 0.3) is 0 Å². The van der Waals surface area contributed by atoms with E-state index in [9.17, 15) is 9.90 Å². The molecule has 2 rings (SSSR count). The number of carbonyl (C=O) groups excluding carboxylic acids is 1. The van der Waals surface area contributed by atoms with Gasteiger partial charge in [-0.15, -0.1) is 0 Å². The molecule has 0 aromatic rings. The highest BCUT2D eigenvalue weighted by Gasteiger charge is 2.33. The molecular formula is C15H27NO3. The van der Waals surface area contributed by atoms with E-state index >= 15 is 0 Å². The van der Waals surface area contributed by atoms with Crippen molar-refractivity contribution in [3.8, 4) is 0 Å². The van der Waals surface area contributed by atoms with Crippen LogP contribution in [-0.2, 0) is 9.53 Å². The largest absolute Gasteiger partial charge is 0.388 e. The van der Waals surface area contributed by atoms with Crippen LogP contribution in [0, 0.1) is 5.92 Å². The fourth-order valence-electron chi connectivity index (χ4n) is 3.30. The molecule has 110 valence electrons. The van der Waals surface area contributed by atoms with E-state index in [0.29, 0.717) is 18.9 Å². The number of amides is 1. The highest BCUT2D eigenvalue weighted by atomic mass is 16.5. The molecule has 3 atom stereocenters. The van der Waals surface area contributed by atoms with Gasteiger partial charge in [0, 0.05) is 13.2 Å². The summed E-state index contributed by atoms with van der Waals surface area (Å²) in [4.78, 5) is 11.9. The first kappa shape index (κ1) is 14.8. The SMILES string of the molecule is CC1CCCC(O)(CNC(=O)CC2CCCCO2)C1. The van der Waals surface area contributed by atoms with Crippen LogP contribution in [0.5, 0.6) is 0 Å². The molecule has 1 heterocycles. The lowest BCUT2D eigenvalue weighted by Crippen LogP contribution is -2.46. The molecule has 0 radical (unpaired) electrons. The number of ether oxygens (including phenoxy) is 1. The summed E-state index contributed by atoms with van der Waals surface area (Å²) in [6, 6.07) is 0. The van der Waals surface area contributed by atoms with Crippen molar-refractivity contribution in [3.05, 3.63) is 0 Å². The van der Waals surface area contributed by atoms with Gasteiger partial charge in [0.15, 0.2) is 0 Å². The van der Waals surface area contributed by atoms with Gasteiger partial charge < -0.3 is 15.2 Å². The summed E-state index contributed by atoms with van der Waals surface area (Å²) in [6.07, 6.45) is 7.60. The summed E-state index contributed by atoms with van der Waals surface area (Å²) in [7, 11) is 0. The van der Waals surface area contributed by atoms with Crippen LogP contribution >= 0.6 is 0 Å². The maximum Gasteiger partial charge on any atom is 0.222 e. The second-order valence-electron chi connectivity index (χ2n) is 6.40. The lowest BCUT2D eigenvalue weighted by Gasteiger charge is -2.35. The van der Waals surface area contributed by atoms with Crippen LogP contribution in [0.15, 0.2) is 0 Å². The molecule has 1 aliphatic carbocycles. The molecule has 0 spiro atoms. The second-order valence-corrected chi connectivity index (χ2v) is 6.40. The van der Waals surface area contributed by atoms with Crippen molar-refractivity contribution in [2.45, 2.75) is 70.0 Å². The number of aliphatic hydroxyl groups is 1. The summed E-state index contributed by atoms with van der Waals surface area (Å²) >= 11 is 0. The van der Waals surface area contributed by atoms with Gasteiger partial charge in [-0.25, -0.2) is 0 Å². The summed E-state index contributed by atoms with van der Waals surface area (Å²) in [5, 5.41) is 13.3. The molecule has 2 N–H and O–H groups in total. The summed E-state index contributed by atoms with van der Waals surface area (Å²) in [5.74, 6) is 0.566. The van der Waals surface area contributed by atoms with Gasteiger partial charge in [-0.05, 0) is 38.0 Å². The maximum atomic E-state index is 11.9. The van der Waals surface area contributed by atoms with Crippen molar-refractivity contribution in [2.24, 2.45) is 5.92 Å². The Balaban J connectivity index is 1.70. The summed E-state index contributed by atoms with van der Waals surface area (Å²) in [6.45, 7) is 3.34. The van der Waals surface area contributed by atoms with Gasteiger partial charge in [0.25, 0.3) is 0 Å². The van der Waals surface area contributed by atoms with Gasteiger partial charge >= 0.3 is 0 Å². The third-order valence-corrected chi connectivity index (χ3v) is 4.37. The third-order valence-electron chi connectivity index (χ3n) is 4.37. The molecule has 1 amide bonds. The molecule has 1 saturated heterocycles. The van der Waals surface area contributed by atoms with Crippen LogP contribution in [0.4, 0.5) is 0 Å². The van der Waals surface area contributed by atoms with Gasteiger partial charge in [0.1, 0.15) is 0 Å². The molecule has 0 aromatic carbocycles. The first-order valence-electron chi connectivity index (χ1n) is 7.68. The molecule has 2 aliphatic rings. The topological polar surface area (TPSA) is 58.6 Å². The van der Waals surface area contributed by atoms with Gasteiger partial charge in [-0.3, -0.25) is 4.79 Å². The van der Waals surface area contributed by atoms with Crippen LogP contribution in [0.3, 0.4) is 0 Å². The Hall–Kier alpha value is -0.610. The van der Waals surface area contributed by atoms with Crippen LogP contribution < -0.4 is 5.32 Å². The molecule has 0 bridgehead atoms. The Morgan fingerprint density at radius 1 is 1.37 bits per heavy atom. The van der Waals surface area contributed by atoms with Crippen LogP contribution in [-0.4, -0.2) is 35.9 Å². The van der Waals surface area contributed by atoms with Crippen molar-refractivity contribution in [2.75, 3.05) is 13.2 Å². The molecular weight excluding hydrogens is 242 g/mol. The number of nitrogens with one attached hydrogen (secondary N) is 1. The first-order valence-corrected chi connectivity index (χ1v) is 7.68. The van der Waals surface area contributed by atoms with E-state index in [1.165, 1.54) is 6.42 Å². The normalized spacial score (nSPS) is 35.9. The highest BCUT2D eigenvalue weighted by Crippen LogP contribution is 2.31. The highest BCUT2D eigenvalue weighted by molar-refractivity contribution is 5.76. The smallest absolute Gasteiger partial charge is 0.222 e. The minimum absolute atomic E-state index is 0.0125. The van der Waals surface area contributed by atoms with Gasteiger partial charge in [0.05, 0.1) is 18.1 Å². The van der Waals surface area contributed by atoms with E-state index in [-0.39, 0.29) is 12.0 Å². The molecule has 1 saturated carbocycles. The zero-order valence-electron chi connectivity index (χ0n) is 12.0. The lowest BCUT2D eigenvalue weighted by molar-refractivity contribution is -0.126. The van der Waals surface area contributed by atoms with Crippen molar-refractivity contribution in [1.82, 2.24) is 5.32 Å². The molecule has 2 fully saturated rings. The molecule has 1 aliphatic heterocycles. The van der Waals surface area contributed by atoms with E-state index < -0.39 is 5.60 Å². The molecule has 4 nitrogen and oxygen atoms in total. The van der Waals surface area contributed by atoms with E-state index in [1.54, 1.807) is 0 Å². The van der Waals surface area contributed by atoms with E-state index in [4.69, 9.17) is 4.74 Å². The summed E-state index contributed by atoms with van der Waals surface area (Å²) in [5.41, 5.74) is -0.694. The Kier molecular flexibility index (Phi) is 5.22. The van der Waals surface area contributed by atoms with E-state index in [0.717, 1.165) is 45.1 Å². The van der Waals surface area contributed by atoms with E-state index in [1.807, 2.05) is 0 Å². The number of carbonyl (C=O) groups is 1. The zero-order chi connectivity index (χ0) is 13.7. The second kappa shape index (κ2) is 6.71. The van der Waals surface area contributed by atoms with Crippen molar-refractivity contribution < 1.29 is 14.6 Å². The predicted molar refractivity (Wildman–Crippen MR) is 73.8 cm³/mol. The monoisotopic (exact) mass is 269 g/mol. The maximum absolute atomic E-state index is 11.9. The first-order chi connectivity index (χ1) is 9.07. The van der Waals surface area contributed by atoms with Crippen molar-refractivity contribution in [1.29, 1.82) is 0 Å². The number of rotatable bonds is 4. The molecule has 3 unspecified atom stereocenters. The van der Waals surface area contributed by atoms with Crippen LogP contribution in [0.1, 0.15) is 58.3 Å². The van der Waals surface area contributed by atoms with Gasteiger partial charge in [-0.2, -0.15) is 0 Å². The predicted octanol–water partition coefficient (Wildman–Crippen LogP) is 2.00. The molecule has 0 aromatic heterocycles. The standard InChI is InChI=1S/C15H27NO3/c1-12-5-4-7-15(18,10-12)11-16-14(17)9-13-6-2-3-8-19-13/h12-13,18H,2-11H2,1H3,(H,16,17). The summed E-state index contributed by atoms with van der Waals surface area (Å²) < 4.78 is 5.56. The Labute approximate surface area is 115 Å². The van der Waals surface area contributed by atoms with Crippen LogP contribution in [0.2, 0.25) is 0 Å². The Bertz CT molecular complexity index is 302. The molecule has 4 heteroatoms. The van der Waals surface area contributed by atoms with Gasteiger partial charge in [-0.1, -0.05) is 19.8 Å². The zero-order valence-corrected chi connectivity index (χ0v) is 12.0. The molecule has 19 heavy (non-hydrogen) atoms. The number of hydrogen-bond donors (Lipinski definition) is 2. The fraction of sp³-hybridized carbons (Fsp3) is 0.933. The average molecular weight is 269 g/mol.